The van der Waals surface area contributed by atoms with Crippen molar-refractivity contribution in [2.45, 2.75) is 12.8 Å². The number of hydrogen-bond acceptors (Lipinski definition) is 5. The van der Waals surface area contributed by atoms with Gasteiger partial charge in [0.25, 0.3) is 0 Å². The Bertz CT molecular complexity index is 417. The second kappa shape index (κ2) is 6.99. The molecule has 1 fully saturated rings. The summed E-state index contributed by atoms with van der Waals surface area (Å²) in [5, 5.41) is 0. The van der Waals surface area contributed by atoms with E-state index in [9.17, 15) is 4.79 Å². The number of likely N-dealkylation sites (tertiary alicyclic amines) is 1. The molecule has 0 amide bonds. The molecule has 0 bridgehead atoms. The number of para-hydroxylation sites is 2. The monoisotopic (exact) mass is 264 g/mol. The number of carbonyl (C=O) groups is 1. The standard InChI is InChI=1S/C14H20N2O3/c15-12-5-1-2-6-13(12)19-11-14(17)18-10-9-16-7-3-4-8-16/h1-2,5-6H,3-4,7-11,15H2. The quantitative estimate of drug-likeness (QED) is 0.619. The molecule has 0 aliphatic carbocycles. The highest BCUT2D eigenvalue weighted by atomic mass is 16.6. The third kappa shape index (κ3) is 4.44. The van der Waals surface area contributed by atoms with Crippen molar-refractivity contribution in [3.05, 3.63) is 24.3 Å². The number of esters is 1. The second-order valence-electron chi connectivity index (χ2n) is 4.60. The van der Waals surface area contributed by atoms with Crippen LogP contribution in [0.1, 0.15) is 12.8 Å². The minimum atomic E-state index is -0.359. The van der Waals surface area contributed by atoms with E-state index in [4.69, 9.17) is 15.2 Å². The zero-order valence-corrected chi connectivity index (χ0v) is 11.0. The first-order valence-corrected chi connectivity index (χ1v) is 6.61. The molecule has 0 radical (unpaired) electrons. The van der Waals surface area contributed by atoms with Crippen LogP contribution >= 0.6 is 0 Å². The van der Waals surface area contributed by atoms with Crippen molar-refractivity contribution >= 4 is 11.7 Å². The van der Waals surface area contributed by atoms with E-state index >= 15 is 0 Å². The van der Waals surface area contributed by atoms with Crippen LogP contribution in [-0.4, -0.2) is 43.7 Å². The van der Waals surface area contributed by atoms with E-state index in [0.29, 0.717) is 18.0 Å². The fourth-order valence-corrected chi connectivity index (χ4v) is 2.09. The van der Waals surface area contributed by atoms with Gasteiger partial charge in [0.15, 0.2) is 6.61 Å². The maximum atomic E-state index is 11.5. The SMILES string of the molecule is Nc1ccccc1OCC(=O)OCCN1CCCC1. The highest BCUT2D eigenvalue weighted by molar-refractivity contribution is 5.71. The van der Waals surface area contributed by atoms with E-state index in [1.807, 2.05) is 12.1 Å². The Morgan fingerprint density at radius 1 is 1.26 bits per heavy atom. The van der Waals surface area contributed by atoms with Crippen LogP contribution in [0.3, 0.4) is 0 Å². The van der Waals surface area contributed by atoms with Gasteiger partial charge in [-0.2, -0.15) is 0 Å². The largest absolute Gasteiger partial charge is 0.480 e. The molecule has 104 valence electrons. The summed E-state index contributed by atoms with van der Waals surface area (Å²) in [6.45, 7) is 3.34. The van der Waals surface area contributed by atoms with Crippen LogP contribution in [0.2, 0.25) is 0 Å². The van der Waals surface area contributed by atoms with Gasteiger partial charge < -0.3 is 15.2 Å². The summed E-state index contributed by atoms with van der Waals surface area (Å²) >= 11 is 0. The Balaban J connectivity index is 1.63. The molecule has 1 aromatic rings. The van der Waals surface area contributed by atoms with Gasteiger partial charge in [0.05, 0.1) is 5.69 Å². The molecule has 0 aromatic heterocycles. The van der Waals surface area contributed by atoms with E-state index in [1.54, 1.807) is 12.1 Å². The van der Waals surface area contributed by atoms with E-state index < -0.39 is 0 Å². The molecule has 2 N–H and O–H groups in total. The van der Waals surface area contributed by atoms with Crippen molar-refractivity contribution in [2.24, 2.45) is 0 Å². The predicted octanol–water partition coefficient (Wildman–Crippen LogP) is 1.29. The summed E-state index contributed by atoms with van der Waals surface area (Å²) < 4.78 is 10.4. The van der Waals surface area contributed by atoms with Gasteiger partial charge in [-0.1, -0.05) is 12.1 Å². The lowest BCUT2D eigenvalue weighted by atomic mass is 10.3. The third-order valence-electron chi connectivity index (χ3n) is 3.13. The molecule has 0 atom stereocenters. The van der Waals surface area contributed by atoms with Crippen molar-refractivity contribution in [1.29, 1.82) is 0 Å². The molecule has 0 saturated carbocycles. The molecule has 0 spiro atoms. The van der Waals surface area contributed by atoms with Gasteiger partial charge in [0.1, 0.15) is 12.4 Å². The summed E-state index contributed by atoms with van der Waals surface area (Å²) in [7, 11) is 0. The number of ether oxygens (including phenoxy) is 2. The minimum absolute atomic E-state index is 0.103. The van der Waals surface area contributed by atoms with Gasteiger partial charge in [0.2, 0.25) is 0 Å². The van der Waals surface area contributed by atoms with Gasteiger partial charge in [-0.25, -0.2) is 4.79 Å². The van der Waals surface area contributed by atoms with Crippen LogP contribution in [0.4, 0.5) is 5.69 Å². The maximum Gasteiger partial charge on any atom is 0.344 e. The van der Waals surface area contributed by atoms with Crippen LogP contribution in [0, 0.1) is 0 Å². The van der Waals surface area contributed by atoms with Crippen LogP contribution in [-0.2, 0) is 9.53 Å². The summed E-state index contributed by atoms with van der Waals surface area (Å²) in [4.78, 5) is 13.8. The Kier molecular flexibility index (Phi) is 5.03. The molecule has 1 aromatic carbocycles. The normalized spacial score (nSPS) is 15.4. The third-order valence-corrected chi connectivity index (χ3v) is 3.13. The fraction of sp³-hybridized carbons (Fsp3) is 0.500. The molecule has 5 nitrogen and oxygen atoms in total. The lowest BCUT2D eigenvalue weighted by molar-refractivity contribution is -0.146. The summed E-state index contributed by atoms with van der Waals surface area (Å²) in [5.74, 6) is 0.154. The molecular formula is C14H20N2O3. The Labute approximate surface area is 113 Å². The number of carbonyl (C=O) groups excluding carboxylic acids is 1. The van der Waals surface area contributed by atoms with Gasteiger partial charge in [0, 0.05) is 6.54 Å². The van der Waals surface area contributed by atoms with Crippen molar-refractivity contribution in [3.8, 4) is 5.75 Å². The lowest BCUT2D eigenvalue weighted by Gasteiger charge is -2.14. The Hall–Kier alpha value is -1.75. The molecule has 1 aliphatic rings. The number of nitrogen functional groups attached to an aromatic ring is 1. The highest BCUT2D eigenvalue weighted by Gasteiger charge is 2.12. The average molecular weight is 264 g/mol. The highest BCUT2D eigenvalue weighted by Crippen LogP contribution is 2.19. The molecule has 19 heavy (non-hydrogen) atoms. The van der Waals surface area contributed by atoms with Crippen molar-refractivity contribution in [1.82, 2.24) is 4.90 Å². The number of anilines is 1. The minimum Gasteiger partial charge on any atom is -0.480 e. The molecule has 1 saturated heterocycles. The van der Waals surface area contributed by atoms with Crippen LogP contribution < -0.4 is 10.5 Å². The second-order valence-corrected chi connectivity index (χ2v) is 4.60. The van der Waals surface area contributed by atoms with Gasteiger partial charge in [-0.05, 0) is 38.1 Å². The number of nitrogens with zero attached hydrogens (tertiary/aromatic N) is 1. The molecule has 5 heteroatoms. The molecular weight excluding hydrogens is 244 g/mol. The smallest absolute Gasteiger partial charge is 0.344 e. The van der Waals surface area contributed by atoms with E-state index in [2.05, 4.69) is 4.90 Å². The molecule has 0 unspecified atom stereocenters. The summed E-state index contributed by atoms with van der Waals surface area (Å²) in [5.41, 5.74) is 6.23. The zero-order valence-electron chi connectivity index (χ0n) is 11.0. The summed E-state index contributed by atoms with van der Waals surface area (Å²) in [6.07, 6.45) is 2.48. The Morgan fingerprint density at radius 2 is 2.00 bits per heavy atom. The van der Waals surface area contributed by atoms with Crippen molar-refractivity contribution < 1.29 is 14.3 Å². The summed E-state index contributed by atoms with van der Waals surface area (Å²) in [6, 6.07) is 7.09. The molecule has 2 rings (SSSR count). The topological polar surface area (TPSA) is 64.8 Å². The fourth-order valence-electron chi connectivity index (χ4n) is 2.09. The van der Waals surface area contributed by atoms with Crippen LogP contribution in [0.25, 0.3) is 0 Å². The first-order chi connectivity index (χ1) is 9.25. The number of hydrogen-bond donors (Lipinski definition) is 1. The number of nitrogens with two attached hydrogens (primary N) is 1. The van der Waals surface area contributed by atoms with E-state index in [0.717, 1.165) is 19.6 Å². The number of benzene rings is 1. The van der Waals surface area contributed by atoms with Gasteiger partial charge in [-0.15, -0.1) is 0 Å². The van der Waals surface area contributed by atoms with Crippen molar-refractivity contribution in [2.75, 3.05) is 38.6 Å². The van der Waals surface area contributed by atoms with Crippen LogP contribution in [0.5, 0.6) is 5.75 Å². The molecule has 1 heterocycles. The number of rotatable bonds is 6. The predicted molar refractivity (Wildman–Crippen MR) is 73.0 cm³/mol. The van der Waals surface area contributed by atoms with Crippen LogP contribution in [0.15, 0.2) is 24.3 Å². The maximum absolute atomic E-state index is 11.5. The molecule has 1 aliphatic heterocycles. The van der Waals surface area contributed by atoms with E-state index in [1.165, 1.54) is 12.8 Å². The van der Waals surface area contributed by atoms with Crippen molar-refractivity contribution in [3.63, 3.8) is 0 Å². The lowest BCUT2D eigenvalue weighted by Crippen LogP contribution is -2.26. The first kappa shape index (κ1) is 13.7. The Morgan fingerprint density at radius 3 is 2.74 bits per heavy atom. The first-order valence-electron chi connectivity index (χ1n) is 6.61. The zero-order chi connectivity index (χ0) is 13.5. The van der Waals surface area contributed by atoms with Gasteiger partial charge in [-0.3, -0.25) is 4.90 Å². The van der Waals surface area contributed by atoms with Gasteiger partial charge >= 0.3 is 5.97 Å². The van der Waals surface area contributed by atoms with E-state index in [-0.39, 0.29) is 12.6 Å². The average Bonchev–Trinajstić information content (AvgIpc) is 2.91.